The molecule has 0 unspecified atom stereocenters. The number of amides is 2. The van der Waals surface area contributed by atoms with Gasteiger partial charge in [-0.1, -0.05) is 53.2 Å². The average molecular weight is 426 g/mol. The largest absolute Gasteiger partial charge is 0.325 e. The van der Waals surface area contributed by atoms with Gasteiger partial charge in [0.05, 0.1) is 22.4 Å². The van der Waals surface area contributed by atoms with Crippen molar-refractivity contribution in [3.05, 3.63) is 74.8 Å². The minimum Gasteiger partial charge on any atom is -0.325 e. The van der Waals surface area contributed by atoms with E-state index in [0.717, 1.165) is 34.1 Å². The number of nitrogens with one attached hydrogen (secondary N) is 2. The number of benzene rings is 2. The Kier molecular flexibility index (Phi) is 6.63. The van der Waals surface area contributed by atoms with Gasteiger partial charge in [0, 0.05) is 23.0 Å². The van der Waals surface area contributed by atoms with E-state index in [1.165, 1.54) is 0 Å². The third-order valence-corrected chi connectivity index (χ3v) is 5.90. The maximum absolute atomic E-state index is 12.4. The Morgan fingerprint density at radius 3 is 2.66 bits per heavy atom. The lowest BCUT2D eigenvalue weighted by atomic mass is 9.87. The molecule has 0 saturated carbocycles. The van der Waals surface area contributed by atoms with Crippen LogP contribution in [0.3, 0.4) is 0 Å². The van der Waals surface area contributed by atoms with Crippen LogP contribution in [0, 0.1) is 25.2 Å². The molecule has 0 aliphatic carbocycles. The van der Waals surface area contributed by atoms with E-state index in [0.29, 0.717) is 15.6 Å². The Hall–Kier alpha value is -2.75. The number of rotatable bonds is 5. The average Bonchev–Trinajstić information content (AvgIpc) is 2.68. The lowest BCUT2D eigenvalue weighted by molar-refractivity contribution is -0.121. The van der Waals surface area contributed by atoms with Crippen molar-refractivity contribution in [2.45, 2.75) is 26.2 Å². The van der Waals surface area contributed by atoms with Gasteiger partial charge in [-0.05, 0) is 43.2 Å². The molecule has 1 atom stereocenters. The van der Waals surface area contributed by atoms with Crippen molar-refractivity contribution in [2.24, 2.45) is 0 Å². The molecule has 7 heteroatoms. The van der Waals surface area contributed by atoms with Crippen LogP contribution in [0.5, 0.6) is 0 Å². The molecule has 0 fully saturated rings. The van der Waals surface area contributed by atoms with Crippen LogP contribution < -0.4 is 10.6 Å². The number of carbonyl (C=O) groups is 2. The Morgan fingerprint density at radius 1 is 1.28 bits per heavy atom. The molecule has 0 spiro atoms. The molecular formula is C22H20ClN3O2S. The lowest BCUT2D eigenvalue weighted by Crippen LogP contribution is -2.31. The summed E-state index contributed by atoms with van der Waals surface area (Å²) in [4.78, 5) is 24.6. The van der Waals surface area contributed by atoms with E-state index >= 15 is 0 Å². The zero-order valence-corrected chi connectivity index (χ0v) is 17.7. The van der Waals surface area contributed by atoms with E-state index in [9.17, 15) is 14.9 Å². The fourth-order valence-electron chi connectivity index (χ4n) is 3.19. The minimum atomic E-state index is -0.351. The second-order valence-electron chi connectivity index (χ2n) is 6.87. The lowest BCUT2D eigenvalue weighted by Gasteiger charge is -2.25. The van der Waals surface area contributed by atoms with Gasteiger partial charge in [0.15, 0.2) is 0 Å². The number of hydrogen-bond donors (Lipinski definition) is 2. The summed E-state index contributed by atoms with van der Waals surface area (Å²) < 4.78 is 0. The fraction of sp³-hybridized carbons (Fsp3) is 0.227. The van der Waals surface area contributed by atoms with Crippen molar-refractivity contribution in [3.63, 3.8) is 0 Å². The molecule has 0 radical (unpaired) electrons. The minimum absolute atomic E-state index is 0.0848. The first kappa shape index (κ1) is 21.0. The van der Waals surface area contributed by atoms with Gasteiger partial charge in [-0.3, -0.25) is 9.59 Å². The molecule has 1 heterocycles. The standard InChI is InChI=1S/C22H20ClN3O2S/c1-13-3-8-19(14(2)9-13)25-21(28)12-29-22-18(11-24)17(10-20(27)26-22)15-4-6-16(23)7-5-15/h3-9,17H,10,12H2,1-2H3,(H,25,28)(H,26,27)/t17-/m1/s1. The van der Waals surface area contributed by atoms with Gasteiger partial charge in [-0.2, -0.15) is 5.26 Å². The van der Waals surface area contributed by atoms with E-state index in [1.54, 1.807) is 12.1 Å². The highest BCUT2D eigenvalue weighted by Crippen LogP contribution is 2.36. The first-order valence-electron chi connectivity index (χ1n) is 9.07. The molecule has 1 aliphatic heterocycles. The van der Waals surface area contributed by atoms with Gasteiger partial charge in [-0.25, -0.2) is 0 Å². The monoisotopic (exact) mass is 425 g/mol. The fourth-order valence-corrected chi connectivity index (χ4v) is 4.19. The van der Waals surface area contributed by atoms with Crippen LogP contribution in [0.25, 0.3) is 0 Å². The number of hydrogen-bond acceptors (Lipinski definition) is 4. The van der Waals surface area contributed by atoms with Crippen molar-refractivity contribution < 1.29 is 9.59 Å². The smallest absolute Gasteiger partial charge is 0.234 e. The highest BCUT2D eigenvalue weighted by atomic mass is 35.5. The van der Waals surface area contributed by atoms with Crippen LogP contribution in [0.1, 0.15) is 29.0 Å². The van der Waals surface area contributed by atoms with Crippen molar-refractivity contribution in [1.29, 1.82) is 5.26 Å². The van der Waals surface area contributed by atoms with Gasteiger partial charge in [0.2, 0.25) is 11.8 Å². The summed E-state index contributed by atoms with van der Waals surface area (Å²) >= 11 is 7.10. The zero-order chi connectivity index (χ0) is 21.0. The van der Waals surface area contributed by atoms with Gasteiger partial charge >= 0.3 is 0 Å². The summed E-state index contributed by atoms with van der Waals surface area (Å²) in [6.45, 7) is 3.93. The normalized spacial score (nSPS) is 16.2. The van der Waals surface area contributed by atoms with E-state index in [4.69, 9.17) is 11.6 Å². The van der Waals surface area contributed by atoms with Crippen LogP contribution in [0.15, 0.2) is 53.1 Å². The van der Waals surface area contributed by atoms with Crippen LogP contribution in [0.4, 0.5) is 5.69 Å². The molecule has 2 amide bonds. The maximum atomic E-state index is 12.4. The van der Waals surface area contributed by atoms with Gasteiger partial charge in [0.1, 0.15) is 0 Å². The Labute approximate surface area is 179 Å². The molecule has 2 aromatic carbocycles. The molecule has 3 rings (SSSR count). The van der Waals surface area contributed by atoms with Crippen molar-refractivity contribution in [3.8, 4) is 6.07 Å². The number of allylic oxidation sites excluding steroid dienone is 1. The second kappa shape index (κ2) is 9.17. The number of nitrogens with zero attached hydrogens (tertiary/aromatic N) is 1. The predicted octanol–water partition coefficient (Wildman–Crippen LogP) is 4.67. The summed E-state index contributed by atoms with van der Waals surface area (Å²) in [5, 5.41) is 16.3. The van der Waals surface area contributed by atoms with Gasteiger partial charge in [-0.15, -0.1) is 0 Å². The van der Waals surface area contributed by atoms with E-state index in [2.05, 4.69) is 16.7 Å². The first-order chi connectivity index (χ1) is 13.9. The van der Waals surface area contributed by atoms with E-state index < -0.39 is 0 Å². The SMILES string of the molecule is Cc1ccc(NC(=O)CSC2=C(C#N)[C@@H](c3ccc(Cl)cc3)CC(=O)N2)c(C)c1. The van der Waals surface area contributed by atoms with Crippen LogP contribution in [-0.4, -0.2) is 17.6 Å². The molecule has 0 bridgehead atoms. The third-order valence-electron chi connectivity index (χ3n) is 4.63. The number of halogens is 1. The van der Waals surface area contributed by atoms with Crippen molar-refractivity contribution >= 4 is 40.9 Å². The molecule has 2 aromatic rings. The quantitative estimate of drug-likeness (QED) is 0.729. The molecule has 1 aliphatic rings. The van der Waals surface area contributed by atoms with Crippen LogP contribution in [0.2, 0.25) is 5.02 Å². The molecule has 0 aromatic heterocycles. The summed E-state index contributed by atoms with van der Waals surface area (Å²) in [5.41, 5.74) is 4.16. The summed E-state index contributed by atoms with van der Waals surface area (Å²) in [5.74, 6) is -0.645. The number of carbonyl (C=O) groups excluding carboxylic acids is 2. The molecular weight excluding hydrogens is 406 g/mol. The van der Waals surface area contributed by atoms with E-state index in [-0.39, 0.29) is 29.9 Å². The third kappa shape index (κ3) is 5.20. The molecule has 29 heavy (non-hydrogen) atoms. The van der Waals surface area contributed by atoms with Gasteiger partial charge < -0.3 is 10.6 Å². The molecule has 0 saturated heterocycles. The molecule has 148 valence electrons. The zero-order valence-electron chi connectivity index (χ0n) is 16.1. The van der Waals surface area contributed by atoms with Crippen LogP contribution in [-0.2, 0) is 9.59 Å². The number of anilines is 1. The Morgan fingerprint density at radius 2 is 2.00 bits per heavy atom. The summed E-state index contributed by atoms with van der Waals surface area (Å²) in [7, 11) is 0. The number of aryl methyl sites for hydroxylation is 2. The Balaban J connectivity index is 1.75. The first-order valence-corrected chi connectivity index (χ1v) is 10.4. The summed E-state index contributed by atoms with van der Waals surface area (Å²) in [6.07, 6.45) is 0.184. The molecule has 5 nitrogen and oxygen atoms in total. The van der Waals surface area contributed by atoms with Crippen molar-refractivity contribution in [2.75, 3.05) is 11.1 Å². The highest BCUT2D eigenvalue weighted by Gasteiger charge is 2.29. The molecule has 2 N–H and O–H groups in total. The van der Waals surface area contributed by atoms with E-state index in [1.807, 2.05) is 44.2 Å². The number of nitriles is 1. The highest BCUT2D eigenvalue weighted by molar-refractivity contribution is 8.03. The topological polar surface area (TPSA) is 82.0 Å². The second-order valence-corrected chi connectivity index (χ2v) is 8.29. The maximum Gasteiger partial charge on any atom is 0.234 e. The van der Waals surface area contributed by atoms with Crippen molar-refractivity contribution in [1.82, 2.24) is 5.32 Å². The number of thioether (sulfide) groups is 1. The van der Waals surface area contributed by atoms with Gasteiger partial charge in [0.25, 0.3) is 0 Å². The van der Waals surface area contributed by atoms with Crippen LogP contribution >= 0.6 is 23.4 Å². The Bertz CT molecular complexity index is 1030. The summed E-state index contributed by atoms with van der Waals surface area (Å²) in [6, 6.07) is 15.1. The predicted molar refractivity (Wildman–Crippen MR) is 117 cm³/mol.